The second-order valence-electron chi connectivity index (χ2n) is 10.2. The summed E-state index contributed by atoms with van der Waals surface area (Å²) < 4.78 is 33.2. The fourth-order valence-corrected chi connectivity index (χ4v) is 6.25. The first-order valence-electron chi connectivity index (χ1n) is 13.4. The van der Waals surface area contributed by atoms with Crippen LogP contribution in [0.5, 0.6) is 0 Å². The second-order valence-corrected chi connectivity index (χ2v) is 11.2. The molecular formula is C29H25F2N9O4S. The first-order valence-corrected chi connectivity index (χ1v) is 14.2. The maximum atomic E-state index is 14.9. The molecule has 0 spiro atoms. The number of rotatable bonds is 8. The van der Waals surface area contributed by atoms with Crippen molar-refractivity contribution in [1.29, 1.82) is 0 Å². The van der Waals surface area contributed by atoms with E-state index in [1.54, 1.807) is 30.3 Å². The van der Waals surface area contributed by atoms with Crippen molar-refractivity contribution in [2.45, 2.75) is 13.1 Å². The molecule has 2 amide bonds. The molecule has 2 N–H and O–H groups in total. The predicted molar refractivity (Wildman–Crippen MR) is 163 cm³/mol. The number of hydroxylamine groups is 1. The zero-order chi connectivity index (χ0) is 31.8. The first kappa shape index (κ1) is 29.7. The van der Waals surface area contributed by atoms with Gasteiger partial charge in [0.25, 0.3) is 5.56 Å². The lowest BCUT2D eigenvalue weighted by molar-refractivity contribution is 0.114. The fourth-order valence-electron chi connectivity index (χ4n) is 4.94. The number of carbonyl (C=O) groups is 1. The average Bonchev–Trinajstić information content (AvgIpc) is 3.62. The summed E-state index contributed by atoms with van der Waals surface area (Å²) in [6, 6.07) is 12.8. The molecule has 4 aromatic heterocycles. The molecule has 45 heavy (non-hydrogen) atoms. The molecule has 230 valence electrons. The zero-order valence-electron chi connectivity index (χ0n) is 24.1. The molecule has 0 bridgehead atoms. The quantitative estimate of drug-likeness (QED) is 0.243. The molecule has 0 radical (unpaired) electrons. The molecule has 0 aliphatic rings. The molecular weight excluding hydrogens is 608 g/mol. The molecule has 0 saturated heterocycles. The van der Waals surface area contributed by atoms with Crippen LogP contribution in [0.3, 0.4) is 0 Å². The van der Waals surface area contributed by atoms with E-state index < -0.39 is 35.5 Å². The maximum absolute atomic E-state index is 14.9. The van der Waals surface area contributed by atoms with Gasteiger partial charge in [-0.05, 0) is 61.6 Å². The molecule has 6 aromatic rings. The molecule has 0 fully saturated rings. The summed E-state index contributed by atoms with van der Waals surface area (Å²) in [5.41, 5.74) is 2.53. The summed E-state index contributed by atoms with van der Waals surface area (Å²) in [5, 5.41) is 14.9. The molecule has 0 atom stereocenters. The van der Waals surface area contributed by atoms with Crippen LogP contribution in [0.2, 0.25) is 0 Å². The van der Waals surface area contributed by atoms with Crippen LogP contribution in [0.15, 0.2) is 70.5 Å². The number of urea groups is 1. The lowest BCUT2D eigenvalue weighted by Crippen LogP contribution is -2.40. The highest BCUT2D eigenvalue weighted by Crippen LogP contribution is 2.38. The van der Waals surface area contributed by atoms with Gasteiger partial charge >= 0.3 is 11.7 Å². The fraction of sp³-hybridized carbons (Fsp3) is 0.172. The van der Waals surface area contributed by atoms with Crippen molar-refractivity contribution in [3.05, 3.63) is 105 Å². The lowest BCUT2D eigenvalue weighted by atomic mass is 10.1. The number of halogens is 2. The number of thiophene rings is 1. The Morgan fingerprint density at radius 2 is 1.76 bits per heavy atom. The Labute approximate surface area is 256 Å². The lowest BCUT2D eigenvalue weighted by Gasteiger charge is -2.14. The number of nitrogens with one attached hydrogen (secondary N) is 2. The molecule has 2 aromatic carbocycles. The highest BCUT2D eigenvalue weighted by atomic mass is 32.1. The maximum Gasteiger partial charge on any atom is 0.343 e. The molecule has 0 saturated carbocycles. The average molecular weight is 634 g/mol. The highest BCUT2D eigenvalue weighted by molar-refractivity contribution is 7.22. The van der Waals surface area contributed by atoms with Gasteiger partial charge in [-0.1, -0.05) is 18.2 Å². The van der Waals surface area contributed by atoms with Crippen molar-refractivity contribution in [1.82, 2.24) is 39.3 Å². The Hall–Kier alpha value is -5.32. The third-order valence-corrected chi connectivity index (χ3v) is 8.21. The Bertz CT molecular complexity index is 2170. The van der Waals surface area contributed by atoms with Crippen molar-refractivity contribution in [3.63, 3.8) is 0 Å². The summed E-state index contributed by atoms with van der Waals surface area (Å²) in [6.45, 7) is -0.188. The van der Waals surface area contributed by atoms with Gasteiger partial charge in [-0.25, -0.2) is 28.4 Å². The summed E-state index contributed by atoms with van der Waals surface area (Å²) in [6.07, 6.45) is 1.33. The first-order chi connectivity index (χ1) is 21.7. The number of hydrogen-bond acceptors (Lipinski definition) is 9. The van der Waals surface area contributed by atoms with Crippen molar-refractivity contribution >= 4 is 38.9 Å². The van der Waals surface area contributed by atoms with Gasteiger partial charge in [-0.2, -0.15) is 4.52 Å². The van der Waals surface area contributed by atoms with Crippen LogP contribution < -0.4 is 22.0 Å². The largest absolute Gasteiger partial charge is 0.343 e. The Balaban J connectivity index is 1.62. The Kier molecular flexibility index (Phi) is 7.92. The summed E-state index contributed by atoms with van der Waals surface area (Å²) in [7, 11) is 4.98. The smallest absolute Gasteiger partial charge is 0.306 e. The van der Waals surface area contributed by atoms with Crippen LogP contribution in [-0.2, 0) is 17.9 Å². The minimum atomic E-state index is -0.831. The van der Waals surface area contributed by atoms with E-state index >= 15 is 0 Å². The van der Waals surface area contributed by atoms with Crippen LogP contribution in [0.1, 0.15) is 11.1 Å². The molecule has 0 aliphatic heterocycles. The van der Waals surface area contributed by atoms with E-state index in [0.29, 0.717) is 33.9 Å². The normalized spacial score (nSPS) is 11.5. The number of carbonyl (C=O) groups excluding carboxylic acids is 1. The van der Waals surface area contributed by atoms with Gasteiger partial charge in [0.15, 0.2) is 11.5 Å². The number of nitrogens with zero attached hydrogens (tertiary/aromatic N) is 7. The standard InChI is InChI=1S/C29H25F2N9O4S/c1-37(2)13-19-24-26(41)40(23-12-11-22-34-32-15-39(22)35-23)29(43)38(14-18-20(30)5-4-6-21(18)31)27(24)45-25(19)16-7-9-17(10-8-16)33-28(42)36-44-3/h4-12,15H,13-14H2,1-3H3,(H2,33,36,42). The van der Waals surface area contributed by atoms with Crippen LogP contribution in [0, 0.1) is 11.6 Å². The van der Waals surface area contributed by atoms with Crippen molar-refractivity contribution in [3.8, 4) is 16.3 Å². The van der Waals surface area contributed by atoms with E-state index in [1.165, 1.54) is 34.7 Å². The van der Waals surface area contributed by atoms with Crippen LogP contribution in [0.4, 0.5) is 19.3 Å². The Morgan fingerprint density at radius 1 is 1.02 bits per heavy atom. The van der Waals surface area contributed by atoms with Gasteiger partial charge in [-0.15, -0.1) is 26.6 Å². The van der Waals surface area contributed by atoms with Gasteiger partial charge in [-0.3, -0.25) is 14.2 Å². The van der Waals surface area contributed by atoms with Crippen molar-refractivity contribution < 1.29 is 18.4 Å². The van der Waals surface area contributed by atoms with E-state index in [0.717, 1.165) is 28.0 Å². The van der Waals surface area contributed by atoms with Gasteiger partial charge in [0, 0.05) is 22.7 Å². The van der Waals surface area contributed by atoms with Gasteiger partial charge < -0.3 is 10.2 Å². The Morgan fingerprint density at radius 3 is 2.44 bits per heavy atom. The third-order valence-electron chi connectivity index (χ3n) is 6.90. The van der Waals surface area contributed by atoms with Crippen molar-refractivity contribution in [2.75, 3.05) is 26.5 Å². The monoisotopic (exact) mass is 633 g/mol. The molecule has 4 heterocycles. The summed E-state index contributed by atoms with van der Waals surface area (Å²) >= 11 is 1.15. The minimum absolute atomic E-state index is 0.0183. The van der Waals surface area contributed by atoms with E-state index in [1.807, 2.05) is 19.0 Å². The highest BCUT2D eigenvalue weighted by Gasteiger charge is 2.26. The number of fused-ring (bicyclic) bond motifs is 2. The molecule has 0 unspecified atom stereocenters. The van der Waals surface area contributed by atoms with E-state index in [9.17, 15) is 23.2 Å². The number of hydrogen-bond donors (Lipinski definition) is 2. The summed E-state index contributed by atoms with van der Waals surface area (Å²) in [5.74, 6) is -1.68. The molecule has 0 aliphatic carbocycles. The topological polar surface area (TPSA) is 141 Å². The number of aromatic nitrogens is 6. The second kappa shape index (κ2) is 12.0. The van der Waals surface area contributed by atoms with Crippen LogP contribution in [-0.4, -0.2) is 61.1 Å². The van der Waals surface area contributed by atoms with Crippen LogP contribution >= 0.6 is 11.3 Å². The van der Waals surface area contributed by atoms with Gasteiger partial charge in [0.1, 0.15) is 22.8 Å². The van der Waals surface area contributed by atoms with E-state index in [4.69, 9.17) is 0 Å². The number of amides is 2. The zero-order valence-corrected chi connectivity index (χ0v) is 24.9. The van der Waals surface area contributed by atoms with Crippen LogP contribution in [0.25, 0.3) is 32.1 Å². The number of benzene rings is 2. The minimum Gasteiger partial charge on any atom is -0.306 e. The van der Waals surface area contributed by atoms with Crippen molar-refractivity contribution in [2.24, 2.45) is 0 Å². The molecule has 16 heteroatoms. The molecule has 13 nitrogen and oxygen atoms in total. The predicted octanol–water partition coefficient (Wildman–Crippen LogP) is 3.39. The van der Waals surface area contributed by atoms with Gasteiger partial charge in [0.2, 0.25) is 0 Å². The number of anilines is 1. The summed E-state index contributed by atoms with van der Waals surface area (Å²) in [4.78, 5) is 47.7. The van der Waals surface area contributed by atoms with E-state index in [-0.39, 0.29) is 21.6 Å². The molecule has 6 rings (SSSR count). The van der Waals surface area contributed by atoms with E-state index in [2.05, 4.69) is 30.9 Å². The third kappa shape index (κ3) is 5.57. The van der Waals surface area contributed by atoms with Gasteiger partial charge in [0.05, 0.1) is 19.0 Å². The SMILES string of the molecule is CONC(=O)Nc1ccc(-c2sc3c(c2CN(C)C)c(=O)n(-c2ccc4nncn4n2)c(=O)n3Cc2c(F)cccc2F)cc1.